The van der Waals surface area contributed by atoms with Crippen LogP contribution >= 0.6 is 0 Å². The van der Waals surface area contributed by atoms with Crippen molar-refractivity contribution in [3.05, 3.63) is 0 Å². The second-order valence-corrected chi connectivity index (χ2v) is 0. The van der Waals surface area contributed by atoms with Crippen LogP contribution in [0.4, 0.5) is 0 Å². The molecule has 0 amide bonds. The van der Waals surface area contributed by atoms with Crippen molar-refractivity contribution in [2.45, 2.75) is 0 Å². The molecule has 0 rings (SSSR count). The van der Waals surface area contributed by atoms with Crippen molar-refractivity contribution >= 4 is 11.0 Å². The molecule has 0 bridgehead atoms. The maximum Gasteiger partial charge on any atom is 0 e. The summed E-state index contributed by atoms with van der Waals surface area (Å²) in [4.78, 5) is 0. The Bertz CT molecular complexity index is 11.6. The zero-order valence-electron chi connectivity index (χ0n) is 1.93. The molecular weight excluding hydrogens is 298 g/mol. The molecule has 5 radical (unpaired) electrons. The Labute approximate surface area is 82.0 Å². The monoisotopic (exact) mass is 299 g/mol. The van der Waals surface area contributed by atoms with Crippen LogP contribution in [0.25, 0.3) is 0 Å². The first-order chi connectivity index (χ1) is 0. The van der Waals surface area contributed by atoms with E-state index in [2.05, 4.69) is 0 Å². The molecule has 0 atom stereocenters. The van der Waals surface area contributed by atoms with Gasteiger partial charge in [-0.25, -0.2) is 0 Å². The van der Waals surface area contributed by atoms with Crippen LogP contribution in [0.15, 0.2) is 0 Å². The van der Waals surface area contributed by atoms with Crippen molar-refractivity contribution in [1.82, 2.24) is 0 Å². The van der Waals surface area contributed by atoms with Gasteiger partial charge in [0.15, 0.2) is 0 Å². The molecule has 0 spiro atoms. The minimum atomic E-state index is 0. The molecule has 5 heteroatoms. The number of hydrogen-bond acceptors (Lipinski definition) is 0. The van der Waals surface area contributed by atoms with Crippen molar-refractivity contribution in [1.29, 1.82) is 0 Å². The summed E-state index contributed by atoms with van der Waals surface area (Å²) in [6.07, 6.45) is 0. The quantitative estimate of drug-likeness (QED) is 0.534. The summed E-state index contributed by atoms with van der Waals surface area (Å²) in [5.41, 5.74) is 0. The first kappa shape index (κ1) is 51.6. The average Bonchev–Trinajstić information content (AvgIpc) is 0. The molecular formula is CrCuMoNiSi. The third-order valence-corrected chi connectivity index (χ3v) is 0. The first-order valence-electron chi connectivity index (χ1n) is 0. The Morgan fingerprint density at radius 2 is 1.00 bits per heavy atom. The predicted octanol–water partition coefficient (Wildman–Crippen LogP) is -0.391. The summed E-state index contributed by atoms with van der Waals surface area (Å²) in [7, 11) is 0. The zero-order chi connectivity index (χ0) is 0. The summed E-state index contributed by atoms with van der Waals surface area (Å²) >= 11 is 0. The molecule has 0 heterocycles. The second kappa shape index (κ2) is 31.9. The molecule has 0 aliphatic heterocycles. The predicted molar refractivity (Wildman–Crippen MR) is 5.75 cm³/mol. The second-order valence-electron chi connectivity index (χ2n) is 0. The molecule has 0 aliphatic carbocycles. The maximum absolute atomic E-state index is 0. The fraction of sp³-hybridized carbons (Fsp3) is 0. The van der Waals surface area contributed by atoms with Crippen molar-refractivity contribution < 1.29 is 72.0 Å². The van der Waals surface area contributed by atoms with Gasteiger partial charge in [0.05, 0.1) is 0 Å². The van der Waals surface area contributed by atoms with Crippen LogP contribution in [0, 0.1) is 0 Å². The molecule has 0 aromatic rings. The third-order valence-electron chi connectivity index (χ3n) is 0. The summed E-state index contributed by atoms with van der Waals surface area (Å²) in [6, 6.07) is 0. The Morgan fingerprint density at radius 1 is 1.00 bits per heavy atom. The molecule has 0 aliphatic rings. The van der Waals surface area contributed by atoms with Crippen LogP contribution in [0.2, 0.25) is 0 Å². The van der Waals surface area contributed by atoms with Crippen LogP contribution in [0.5, 0.6) is 0 Å². The van der Waals surface area contributed by atoms with Gasteiger partial charge in [0.25, 0.3) is 0 Å². The van der Waals surface area contributed by atoms with E-state index in [1.54, 1.807) is 0 Å². The van der Waals surface area contributed by atoms with Gasteiger partial charge in [-0.15, -0.1) is 0 Å². The van der Waals surface area contributed by atoms with E-state index in [0.29, 0.717) is 0 Å². The SMILES string of the molecule is [Cr].[Cu].[Mo].[Ni].[Si]. The Morgan fingerprint density at radius 3 is 1.00 bits per heavy atom. The van der Waals surface area contributed by atoms with Gasteiger partial charge in [0.1, 0.15) is 0 Å². The van der Waals surface area contributed by atoms with Crippen LogP contribution in [-0.2, 0) is 72.0 Å². The fourth-order valence-electron chi connectivity index (χ4n) is 0. The largest absolute Gasteiger partial charge is 0 e. The minimum Gasteiger partial charge on any atom is 0 e. The average molecular weight is 298 g/mol. The summed E-state index contributed by atoms with van der Waals surface area (Å²) in [5, 5.41) is 0. The van der Waals surface area contributed by atoms with Crippen LogP contribution in [-0.4, -0.2) is 11.0 Å². The number of hydrogen-bond donors (Lipinski definition) is 0. The third kappa shape index (κ3) is 21.3. The Hall–Kier alpha value is 2.45. The molecule has 0 nitrogen and oxygen atoms in total. The molecule has 0 aromatic carbocycles. The standard InChI is InChI=1S/Cr.Cu.Mo.Ni.Si. The normalized spacial score (nSPS) is 0. The van der Waals surface area contributed by atoms with Crippen molar-refractivity contribution in [3.63, 3.8) is 0 Å². The van der Waals surface area contributed by atoms with E-state index in [1.165, 1.54) is 0 Å². The van der Waals surface area contributed by atoms with E-state index in [4.69, 9.17) is 0 Å². The van der Waals surface area contributed by atoms with Crippen LogP contribution in [0.1, 0.15) is 0 Å². The topological polar surface area (TPSA) is 0 Å². The summed E-state index contributed by atoms with van der Waals surface area (Å²) < 4.78 is 0. The Kier molecular flexibility index (Phi) is 329. The molecule has 0 saturated carbocycles. The number of rotatable bonds is 0. The van der Waals surface area contributed by atoms with Crippen LogP contribution < -0.4 is 0 Å². The van der Waals surface area contributed by atoms with Gasteiger partial charge in [0, 0.05) is 83.0 Å². The summed E-state index contributed by atoms with van der Waals surface area (Å²) in [5.74, 6) is 0. The molecule has 0 aromatic heterocycles. The molecule has 0 fully saturated rings. The zero-order valence-corrected chi connectivity index (χ0v) is 8.15. The van der Waals surface area contributed by atoms with E-state index in [1.807, 2.05) is 0 Å². The minimum absolute atomic E-state index is 0. The smallest absolute Gasteiger partial charge is 0 e. The molecule has 0 unspecified atom stereocenters. The van der Waals surface area contributed by atoms with Crippen molar-refractivity contribution in [2.75, 3.05) is 0 Å². The van der Waals surface area contributed by atoms with Crippen molar-refractivity contribution in [3.8, 4) is 0 Å². The van der Waals surface area contributed by atoms with Gasteiger partial charge >= 0.3 is 0 Å². The van der Waals surface area contributed by atoms with E-state index < -0.39 is 0 Å². The fourth-order valence-corrected chi connectivity index (χ4v) is 0. The first-order valence-corrected chi connectivity index (χ1v) is 0. The maximum atomic E-state index is 0. The molecule has 37 valence electrons. The molecule has 5 heavy (non-hydrogen) atoms. The molecule has 0 saturated heterocycles. The van der Waals surface area contributed by atoms with E-state index in [-0.39, 0.29) is 83.0 Å². The summed E-state index contributed by atoms with van der Waals surface area (Å²) in [6.45, 7) is 0. The van der Waals surface area contributed by atoms with Gasteiger partial charge in [-0.05, 0) is 0 Å². The molecule has 0 N–H and O–H groups in total. The van der Waals surface area contributed by atoms with Gasteiger partial charge in [-0.2, -0.15) is 0 Å². The van der Waals surface area contributed by atoms with E-state index in [0.717, 1.165) is 0 Å². The van der Waals surface area contributed by atoms with Crippen LogP contribution in [0.3, 0.4) is 0 Å². The van der Waals surface area contributed by atoms with Gasteiger partial charge in [0.2, 0.25) is 0 Å². The van der Waals surface area contributed by atoms with E-state index >= 15 is 0 Å². The van der Waals surface area contributed by atoms with Gasteiger partial charge in [-0.1, -0.05) is 0 Å². The van der Waals surface area contributed by atoms with Crippen molar-refractivity contribution in [2.24, 2.45) is 0 Å². The van der Waals surface area contributed by atoms with E-state index in [9.17, 15) is 0 Å². The van der Waals surface area contributed by atoms with Gasteiger partial charge < -0.3 is 0 Å². The Balaban J connectivity index is 0. The van der Waals surface area contributed by atoms with Gasteiger partial charge in [-0.3, -0.25) is 0 Å².